The Hall–Kier alpha value is -1.25. The van der Waals surface area contributed by atoms with Gasteiger partial charge >= 0.3 is 6.09 Å². The van der Waals surface area contributed by atoms with Crippen LogP contribution in [0, 0.1) is 5.92 Å². The highest BCUT2D eigenvalue weighted by Gasteiger charge is 2.12. The van der Waals surface area contributed by atoms with Gasteiger partial charge in [-0.25, -0.2) is 4.79 Å². The van der Waals surface area contributed by atoms with E-state index < -0.39 is 6.09 Å². The van der Waals surface area contributed by atoms with Crippen molar-refractivity contribution in [2.45, 2.75) is 19.9 Å². The summed E-state index contributed by atoms with van der Waals surface area (Å²) in [7, 11) is 0. The molecule has 0 saturated carbocycles. The molecular formula is C10H17NO2. The number of nitrogens with one attached hydrogen (secondary N) is 1. The second-order valence-electron chi connectivity index (χ2n) is 3.04. The summed E-state index contributed by atoms with van der Waals surface area (Å²) in [6.45, 7) is 11.3. The zero-order chi connectivity index (χ0) is 10.3. The third kappa shape index (κ3) is 5.06. The smallest absolute Gasteiger partial charge is 0.407 e. The monoisotopic (exact) mass is 183 g/mol. The van der Waals surface area contributed by atoms with Crippen LogP contribution in [0.25, 0.3) is 0 Å². The minimum atomic E-state index is -0.432. The number of rotatable bonds is 5. The molecule has 0 aliphatic heterocycles. The summed E-state index contributed by atoms with van der Waals surface area (Å²) in [6.07, 6.45) is 2.79. The van der Waals surface area contributed by atoms with Crippen LogP contribution in [-0.4, -0.2) is 18.7 Å². The Labute approximate surface area is 79.5 Å². The van der Waals surface area contributed by atoms with Crippen molar-refractivity contribution in [3.05, 3.63) is 25.3 Å². The molecule has 0 radical (unpaired) electrons. The van der Waals surface area contributed by atoms with Crippen molar-refractivity contribution in [2.24, 2.45) is 5.92 Å². The van der Waals surface area contributed by atoms with Crippen molar-refractivity contribution < 1.29 is 9.53 Å². The fourth-order valence-corrected chi connectivity index (χ4v) is 0.810. The van der Waals surface area contributed by atoms with Gasteiger partial charge in [-0.2, -0.15) is 0 Å². The van der Waals surface area contributed by atoms with Crippen molar-refractivity contribution in [2.75, 3.05) is 6.61 Å². The second kappa shape index (κ2) is 6.29. The predicted octanol–water partition coefficient (Wildman–Crippen LogP) is 2.11. The van der Waals surface area contributed by atoms with Crippen molar-refractivity contribution in [3.8, 4) is 0 Å². The second-order valence-corrected chi connectivity index (χ2v) is 3.04. The van der Waals surface area contributed by atoms with E-state index in [0.29, 0.717) is 5.92 Å². The highest BCUT2D eigenvalue weighted by molar-refractivity contribution is 5.68. The first-order valence-electron chi connectivity index (χ1n) is 4.28. The van der Waals surface area contributed by atoms with Crippen molar-refractivity contribution >= 4 is 6.09 Å². The van der Waals surface area contributed by atoms with Crippen LogP contribution in [0.15, 0.2) is 25.3 Å². The molecule has 3 nitrogen and oxygen atoms in total. The molecule has 0 heterocycles. The van der Waals surface area contributed by atoms with Gasteiger partial charge in [-0.05, 0) is 5.92 Å². The van der Waals surface area contributed by atoms with Crippen LogP contribution in [0.2, 0.25) is 0 Å². The molecule has 1 unspecified atom stereocenters. The Morgan fingerprint density at radius 3 is 2.54 bits per heavy atom. The normalized spacial score (nSPS) is 11.9. The van der Waals surface area contributed by atoms with E-state index in [1.165, 1.54) is 6.08 Å². The van der Waals surface area contributed by atoms with Crippen LogP contribution >= 0.6 is 0 Å². The summed E-state index contributed by atoms with van der Waals surface area (Å²) in [5.74, 6) is 0.314. The van der Waals surface area contributed by atoms with Gasteiger partial charge < -0.3 is 10.1 Å². The molecule has 0 saturated heterocycles. The van der Waals surface area contributed by atoms with Crippen molar-refractivity contribution in [3.63, 3.8) is 0 Å². The molecule has 13 heavy (non-hydrogen) atoms. The first kappa shape index (κ1) is 11.8. The molecule has 0 aromatic rings. The zero-order valence-corrected chi connectivity index (χ0v) is 8.25. The molecule has 74 valence electrons. The van der Waals surface area contributed by atoms with Gasteiger partial charge in [0.1, 0.15) is 6.61 Å². The standard InChI is InChI=1S/C10H17NO2/c1-5-7-13-10(12)11-9(6-2)8(3)4/h5-6,8-9H,1-2,7H2,3-4H3,(H,11,12). The van der Waals surface area contributed by atoms with E-state index in [1.807, 2.05) is 13.8 Å². The lowest BCUT2D eigenvalue weighted by Crippen LogP contribution is -2.37. The van der Waals surface area contributed by atoms with Crippen molar-refractivity contribution in [1.82, 2.24) is 5.32 Å². The fraction of sp³-hybridized carbons (Fsp3) is 0.500. The zero-order valence-electron chi connectivity index (χ0n) is 8.25. The van der Waals surface area contributed by atoms with E-state index in [4.69, 9.17) is 4.74 Å². The van der Waals surface area contributed by atoms with Crippen LogP contribution in [0.5, 0.6) is 0 Å². The number of ether oxygens (including phenoxy) is 1. The third-order valence-electron chi connectivity index (χ3n) is 1.59. The van der Waals surface area contributed by atoms with Crippen molar-refractivity contribution in [1.29, 1.82) is 0 Å². The molecule has 1 amide bonds. The minimum absolute atomic E-state index is 0.0442. The largest absolute Gasteiger partial charge is 0.445 e. The first-order chi connectivity index (χ1) is 6.11. The molecule has 1 N–H and O–H groups in total. The van der Waals surface area contributed by atoms with E-state index in [2.05, 4.69) is 18.5 Å². The summed E-state index contributed by atoms with van der Waals surface area (Å²) < 4.78 is 4.76. The van der Waals surface area contributed by atoms with E-state index >= 15 is 0 Å². The Morgan fingerprint density at radius 2 is 2.15 bits per heavy atom. The SMILES string of the molecule is C=CCOC(=O)NC(C=C)C(C)C. The molecule has 0 aliphatic rings. The average Bonchev–Trinajstić information content (AvgIpc) is 2.10. The van der Waals surface area contributed by atoms with E-state index in [1.54, 1.807) is 6.08 Å². The van der Waals surface area contributed by atoms with E-state index in [9.17, 15) is 4.79 Å². The maximum Gasteiger partial charge on any atom is 0.407 e. The molecular weight excluding hydrogens is 166 g/mol. The van der Waals surface area contributed by atoms with Gasteiger partial charge in [0.05, 0.1) is 6.04 Å². The number of alkyl carbamates (subject to hydrolysis) is 1. The Balaban J connectivity index is 3.86. The van der Waals surface area contributed by atoms with Gasteiger partial charge in [0, 0.05) is 0 Å². The highest BCUT2D eigenvalue weighted by Crippen LogP contribution is 2.02. The molecule has 0 aromatic carbocycles. The highest BCUT2D eigenvalue weighted by atomic mass is 16.5. The number of carbonyl (C=O) groups excluding carboxylic acids is 1. The molecule has 0 fully saturated rings. The van der Waals surface area contributed by atoms with Gasteiger partial charge in [-0.15, -0.1) is 6.58 Å². The number of hydrogen-bond donors (Lipinski definition) is 1. The quantitative estimate of drug-likeness (QED) is 0.663. The van der Waals surface area contributed by atoms with E-state index in [0.717, 1.165) is 0 Å². The lowest BCUT2D eigenvalue weighted by Gasteiger charge is -2.17. The molecule has 0 aromatic heterocycles. The number of carbonyl (C=O) groups is 1. The summed E-state index contributed by atoms with van der Waals surface area (Å²) in [6, 6.07) is -0.0442. The van der Waals surface area contributed by atoms with Crippen LogP contribution in [0.1, 0.15) is 13.8 Å². The number of amides is 1. The fourth-order valence-electron chi connectivity index (χ4n) is 0.810. The minimum Gasteiger partial charge on any atom is -0.445 e. The lowest BCUT2D eigenvalue weighted by atomic mass is 10.1. The van der Waals surface area contributed by atoms with Gasteiger partial charge in [-0.1, -0.05) is 32.6 Å². The molecule has 0 bridgehead atoms. The van der Waals surface area contributed by atoms with Gasteiger partial charge in [-0.3, -0.25) is 0 Å². The van der Waals surface area contributed by atoms with Crippen LogP contribution in [0.3, 0.4) is 0 Å². The molecule has 0 rings (SSSR count). The topological polar surface area (TPSA) is 38.3 Å². The Bertz CT molecular complexity index is 187. The number of hydrogen-bond acceptors (Lipinski definition) is 2. The van der Waals surface area contributed by atoms with Gasteiger partial charge in [0.25, 0.3) is 0 Å². The third-order valence-corrected chi connectivity index (χ3v) is 1.59. The first-order valence-corrected chi connectivity index (χ1v) is 4.28. The summed E-state index contributed by atoms with van der Waals surface area (Å²) in [5.41, 5.74) is 0. The summed E-state index contributed by atoms with van der Waals surface area (Å²) >= 11 is 0. The molecule has 1 atom stereocenters. The Kier molecular flexibility index (Phi) is 5.68. The summed E-state index contributed by atoms with van der Waals surface area (Å²) in [4.78, 5) is 11.0. The van der Waals surface area contributed by atoms with Crippen LogP contribution in [-0.2, 0) is 4.74 Å². The molecule has 0 aliphatic carbocycles. The lowest BCUT2D eigenvalue weighted by molar-refractivity contribution is 0.153. The molecule has 3 heteroatoms. The van der Waals surface area contributed by atoms with Crippen LogP contribution in [0.4, 0.5) is 4.79 Å². The van der Waals surface area contributed by atoms with Gasteiger partial charge in [0.2, 0.25) is 0 Å². The maximum atomic E-state index is 11.0. The molecule has 0 spiro atoms. The average molecular weight is 183 g/mol. The maximum absolute atomic E-state index is 11.0. The van der Waals surface area contributed by atoms with E-state index in [-0.39, 0.29) is 12.6 Å². The van der Waals surface area contributed by atoms with Crippen LogP contribution < -0.4 is 5.32 Å². The van der Waals surface area contributed by atoms with Gasteiger partial charge in [0.15, 0.2) is 0 Å². The Morgan fingerprint density at radius 1 is 1.54 bits per heavy atom. The summed E-state index contributed by atoms with van der Waals surface area (Å²) in [5, 5.41) is 2.67. The predicted molar refractivity (Wildman–Crippen MR) is 53.5 cm³/mol.